The third-order valence-corrected chi connectivity index (χ3v) is 8.46. The van der Waals surface area contributed by atoms with E-state index in [0.29, 0.717) is 18.7 Å². The molecule has 0 unspecified atom stereocenters. The zero-order chi connectivity index (χ0) is 19.7. The van der Waals surface area contributed by atoms with Crippen molar-refractivity contribution in [3.05, 3.63) is 52.5 Å². The monoisotopic (exact) mass is 472 g/mol. The van der Waals surface area contributed by atoms with Crippen molar-refractivity contribution in [1.82, 2.24) is 4.31 Å². The van der Waals surface area contributed by atoms with Crippen LogP contribution in [0.25, 0.3) is 0 Å². The molecule has 2 aromatic rings. The van der Waals surface area contributed by atoms with Crippen molar-refractivity contribution in [2.75, 3.05) is 17.8 Å². The van der Waals surface area contributed by atoms with Gasteiger partial charge in [0, 0.05) is 17.6 Å². The van der Waals surface area contributed by atoms with E-state index in [4.69, 9.17) is 0 Å². The van der Waals surface area contributed by atoms with Crippen molar-refractivity contribution < 1.29 is 16.8 Å². The SMILES string of the molecule is Cc1ccc(NS(=O)(=O)c2ccc(Br)cc2)cc1S(=O)(=O)N1CCCCC1. The molecule has 27 heavy (non-hydrogen) atoms. The molecule has 0 atom stereocenters. The third kappa shape index (κ3) is 4.53. The Morgan fingerprint density at radius 1 is 0.926 bits per heavy atom. The molecule has 1 aliphatic rings. The first-order valence-electron chi connectivity index (χ1n) is 8.59. The van der Waals surface area contributed by atoms with Gasteiger partial charge in [0.05, 0.1) is 15.5 Å². The maximum Gasteiger partial charge on any atom is 0.261 e. The van der Waals surface area contributed by atoms with Crippen LogP contribution in [-0.4, -0.2) is 34.2 Å². The summed E-state index contributed by atoms with van der Waals surface area (Å²) in [6, 6.07) is 10.8. The molecule has 3 rings (SSSR count). The van der Waals surface area contributed by atoms with E-state index in [0.717, 1.165) is 23.7 Å². The van der Waals surface area contributed by atoms with Crippen LogP contribution >= 0.6 is 15.9 Å². The maximum atomic E-state index is 13.0. The van der Waals surface area contributed by atoms with Crippen molar-refractivity contribution in [2.24, 2.45) is 0 Å². The molecule has 1 aliphatic heterocycles. The predicted octanol–water partition coefficient (Wildman–Crippen LogP) is 3.73. The summed E-state index contributed by atoms with van der Waals surface area (Å²) in [6.45, 7) is 2.71. The molecule has 0 amide bonds. The van der Waals surface area contributed by atoms with Gasteiger partial charge in [0.25, 0.3) is 10.0 Å². The molecule has 0 bridgehead atoms. The standard InChI is InChI=1S/C18H21BrN2O4S2/c1-14-5-8-16(20-26(22,23)17-9-6-15(19)7-10-17)13-18(14)27(24,25)21-11-3-2-4-12-21/h5-10,13,20H,2-4,11-12H2,1H3. The van der Waals surface area contributed by atoms with Gasteiger partial charge in [0.15, 0.2) is 0 Å². The molecular weight excluding hydrogens is 452 g/mol. The predicted molar refractivity (Wildman–Crippen MR) is 109 cm³/mol. The van der Waals surface area contributed by atoms with E-state index in [2.05, 4.69) is 20.7 Å². The highest BCUT2D eigenvalue weighted by Gasteiger charge is 2.28. The van der Waals surface area contributed by atoms with Gasteiger partial charge >= 0.3 is 0 Å². The molecule has 2 aromatic carbocycles. The third-order valence-electron chi connectivity index (χ3n) is 4.50. The summed E-state index contributed by atoms with van der Waals surface area (Å²) in [5.74, 6) is 0. The van der Waals surface area contributed by atoms with Gasteiger partial charge < -0.3 is 0 Å². The van der Waals surface area contributed by atoms with E-state index in [1.165, 1.54) is 22.5 Å². The Labute approximate surface area is 168 Å². The highest BCUT2D eigenvalue weighted by molar-refractivity contribution is 9.10. The van der Waals surface area contributed by atoms with Crippen molar-refractivity contribution in [3.8, 4) is 0 Å². The molecule has 1 fully saturated rings. The van der Waals surface area contributed by atoms with Crippen molar-refractivity contribution in [1.29, 1.82) is 0 Å². The molecule has 0 radical (unpaired) electrons. The minimum absolute atomic E-state index is 0.103. The van der Waals surface area contributed by atoms with Gasteiger partial charge in [-0.15, -0.1) is 0 Å². The van der Waals surface area contributed by atoms with Crippen molar-refractivity contribution in [2.45, 2.75) is 36.0 Å². The van der Waals surface area contributed by atoms with E-state index in [1.54, 1.807) is 31.2 Å². The van der Waals surface area contributed by atoms with E-state index in [1.807, 2.05) is 0 Å². The lowest BCUT2D eigenvalue weighted by Gasteiger charge is -2.26. The molecule has 1 heterocycles. The fourth-order valence-corrected chi connectivity index (χ4v) is 6.10. The van der Waals surface area contributed by atoms with Gasteiger partial charge in [-0.3, -0.25) is 4.72 Å². The first-order chi connectivity index (χ1) is 12.7. The van der Waals surface area contributed by atoms with Crippen LogP contribution in [-0.2, 0) is 20.0 Å². The zero-order valence-electron chi connectivity index (χ0n) is 14.9. The number of aryl methyl sites for hydroxylation is 1. The molecule has 6 nitrogen and oxygen atoms in total. The first-order valence-corrected chi connectivity index (χ1v) is 12.3. The molecule has 0 aromatic heterocycles. The lowest BCUT2D eigenvalue weighted by atomic mass is 10.2. The Balaban J connectivity index is 1.92. The number of nitrogens with one attached hydrogen (secondary N) is 1. The number of piperidine rings is 1. The second kappa shape index (κ2) is 7.90. The first kappa shape index (κ1) is 20.3. The molecule has 9 heteroatoms. The number of hydrogen-bond donors (Lipinski definition) is 1. The van der Waals surface area contributed by atoms with Crippen LogP contribution in [0, 0.1) is 6.92 Å². The van der Waals surface area contributed by atoms with Crippen LogP contribution in [0.2, 0.25) is 0 Å². The maximum absolute atomic E-state index is 13.0. The quantitative estimate of drug-likeness (QED) is 0.718. The molecule has 1 saturated heterocycles. The Morgan fingerprint density at radius 2 is 1.56 bits per heavy atom. The van der Waals surface area contributed by atoms with Gasteiger partial charge in [0.2, 0.25) is 10.0 Å². The normalized spacial score (nSPS) is 16.2. The average Bonchev–Trinajstić information content (AvgIpc) is 2.64. The largest absolute Gasteiger partial charge is 0.280 e. The number of benzene rings is 2. The smallest absolute Gasteiger partial charge is 0.261 e. The number of sulfonamides is 2. The van der Waals surface area contributed by atoms with Crippen LogP contribution in [0.4, 0.5) is 5.69 Å². The molecule has 146 valence electrons. The van der Waals surface area contributed by atoms with E-state index in [9.17, 15) is 16.8 Å². The molecular formula is C18H21BrN2O4S2. The second-order valence-electron chi connectivity index (χ2n) is 6.50. The summed E-state index contributed by atoms with van der Waals surface area (Å²) in [7, 11) is -7.46. The van der Waals surface area contributed by atoms with Crippen LogP contribution < -0.4 is 4.72 Å². The summed E-state index contributed by atoms with van der Waals surface area (Å²) in [6.07, 6.45) is 2.71. The highest BCUT2D eigenvalue weighted by atomic mass is 79.9. The van der Waals surface area contributed by atoms with E-state index >= 15 is 0 Å². The Bertz CT molecular complexity index is 1030. The van der Waals surface area contributed by atoms with Crippen LogP contribution in [0.3, 0.4) is 0 Å². The minimum Gasteiger partial charge on any atom is -0.280 e. The molecule has 1 N–H and O–H groups in total. The van der Waals surface area contributed by atoms with Gasteiger partial charge in [-0.05, 0) is 61.7 Å². The van der Waals surface area contributed by atoms with Crippen molar-refractivity contribution in [3.63, 3.8) is 0 Å². The zero-order valence-corrected chi connectivity index (χ0v) is 18.1. The van der Waals surface area contributed by atoms with E-state index < -0.39 is 20.0 Å². The Morgan fingerprint density at radius 3 is 2.19 bits per heavy atom. The lowest BCUT2D eigenvalue weighted by Crippen LogP contribution is -2.36. The summed E-state index contributed by atoms with van der Waals surface area (Å²) in [5.41, 5.74) is 0.811. The summed E-state index contributed by atoms with van der Waals surface area (Å²) in [4.78, 5) is 0.243. The summed E-state index contributed by atoms with van der Waals surface area (Å²) in [5, 5.41) is 0. The molecule has 0 aliphatic carbocycles. The van der Waals surface area contributed by atoms with Crippen LogP contribution in [0.1, 0.15) is 24.8 Å². The number of hydrogen-bond acceptors (Lipinski definition) is 4. The van der Waals surface area contributed by atoms with Crippen molar-refractivity contribution >= 4 is 41.7 Å². The van der Waals surface area contributed by atoms with Crippen LogP contribution in [0.15, 0.2) is 56.7 Å². The van der Waals surface area contributed by atoms with Gasteiger partial charge in [-0.1, -0.05) is 28.4 Å². The van der Waals surface area contributed by atoms with Crippen LogP contribution in [0.5, 0.6) is 0 Å². The number of anilines is 1. The average molecular weight is 473 g/mol. The molecule has 0 saturated carbocycles. The Kier molecular flexibility index (Phi) is 5.95. The fraction of sp³-hybridized carbons (Fsp3) is 0.333. The minimum atomic E-state index is -3.81. The number of nitrogens with zero attached hydrogens (tertiary/aromatic N) is 1. The topological polar surface area (TPSA) is 83.5 Å². The lowest BCUT2D eigenvalue weighted by molar-refractivity contribution is 0.346. The Hall–Kier alpha value is -1.42. The van der Waals surface area contributed by atoms with Gasteiger partial charge in [-0.2, -0.15) is 4.31 Å². The summed E-state index contributed by atoms with van der Waals surface area (Å²) < 4.78 is 55.8. The molecule has 0 spiro atoms. The fourth-order valence-electron chi connectivity index (χ4n) is 3.01. The highest BCUT2D eigenvalue weighted by Crippen LogP contribution is 2.27. The van der Waals surface area contributed by atoms with E-state index in [-0.39, 0.29) is 15.5 Å². The number of rotatable bonds is 5. The second-order valence-corrected chi connectivity index (χ2v) is 11.0. The number of halogens is 1. The van der Waals surface area contributed by atoms with Gasteiger partial charge in [0.1, 0.15) is 0 Å². The van der Waals surface area contributed by atoms with Gasteiger partial charge in [-0.25, -0.2) is 16.8 Å². The summed E-state index contributed by atoms with van der Waals surface area (Å²) >= 11 is 3.27.